The summed E-state index contributed by atoms with van der Waals surface area (Å²) >= 11 is 0. The van der Waals surface area contributed by atoms with Crippen molar-refractivity contribution in [2.24, 2.45) is 40.5 Å². The van der Waals surface area contributed by atoms with Crippen molar-refractivity contribution in [3.05, 3.63) is 102 Å². The lowest BCUT2D eigenvalue weighted by Gasteiger charge is -2.28. The number of H-pyrrole nitrogens is 1. The molecule has 2 heterocycles. The van der Waals surface area contributed by atoms with Crippen molar-refractivity contribution < 1.29 is 86.9 Å². The highest BCUT2D eigenvalue weighted by Crippen LogP contribution is 2.26. The van der Waals surface area contributed by atoms with E-state index in [1.165, 1.54) is 103 Å². The van der Waals surface area contributed by atoms with Gasteiger partial charge in [-0.05, 0) is 177 Å². The highest BCUT2D eigenvalue weighted by atomic mass is 33.1. The third-order valence-corrected chi connectivity index (χ3v) is 26.3. The molecule has 15 atom stereocenters. The van der Waals surface area contributed by atoms with Crippen LogP contribution in [-0.2, 0) is 96.0 Å². The predicted octanol–water partition coefficient (Wildman–Crippen LogP) is 2.42. The van der Waals surface area contributed by atoms with E-state index in [-0.39, 0.29) is 113 Å². The summed E-state index contributed by atoms with van der Waals surface area (Å²) in [6.07, 6.45) is 17.5. The van der Waals surface area contributed by atoms with Crippen molar-refractivity contribution >= 4 is 127 Å². The number of phenols is 1. The molecular formula is C97H155N21O18S2. The maximum Gasteiger partial charge on any atom is 0.244 e. The smallest absolute Gasteiger partial charge is 0.244 e. The molecule has 16 amide bonds. The summed E-state index contributed by atoms with van der Waals surface area (Å²) in [5.41, 5.74) is 31.3. The van der Waals surface area contributed by atoms with Crippen LogP contribution < -0.4 is 108 Å². The molecule has 4 aromatic rings. The Morgan fingerprint density at radius 2 is 0.899 bits per heavy atom. The summed E-state index contributed by atoms with van der Waals surface area (Å²) in [7, 11) is 1.83. The van der Waals surface area contributed by atoms with Crippen LogP contribution >= 0.6 is 21.6 Å². The molecule has 4 unspecified atom stereocenters. The number of aliphatic hydroxyl groups is 1. The summed E-state index contributed by atoms with van der Waals surface area (Å²) in [6, 6.07) is 1.76. The van der Waals surface area contributed by atoms with Crippen molar-refractivity contribution in [2.75, 3.05) is 44.2 Å². The van der Waals surface area contributed by atoms with Crippen LogP contribution in [0.15, 0.2) is 85.1 Å². The molecule has 0 saturated carbocycles. The molecule has 768 valence electrons. The maximum atomic E-state index is 15.3. The van der Waals surface area contributed by atoms with Gasteiger partial charge in [0, 0.05) is 54.3 Å². The molecule has 0 radical (unpaired) electrons. The third kappa shape index (κ3) is 43.6. The number of amides is 16. The number of hydrogen-bond donors (Lipinski definition) is 23. The minimum Gasteiger partial charge on any atom is -0.508 e. The monoisotopic (exact) mass is 1970 g/mol. The van der Waals surface area contributed by atoms with E-state index in [2.05, 4.69) is 91.7 Å². The zero-order valence-electron chi connectivity index (χ0n) is 81.5. The fourth-order valence-electron chi connectivity index (χ4n) is 15.6. The van der Waals surface area contributed by atoms with Gasteiger partial charge in [0.25, 0.3) is 0 Å². The lowest BCUT2D eigenvalue weighted by molar-refractivity contribution is -0.136. The zero-order chi connectivity index (χ0) is 102. The van der Waals surface area contributed by atoms with Crippen molar-refractivity contribution in [2.45, 2.75) is 332 Å². The number of aromatic nitrogens is 1. The number of nitrogens with two attached hydrogens (primary N) is 5. The van der Waals surface area contributed by atoms with E-state index in [9.17, 15) is 72.5 Å². The number of hydrogen-bond acceptors (Lipinski definition) is 24. The Morgan fingerprint density at radius 1 is 0.428 bits per heavy atom. The largest absolute Gasteiger partial charge is 0.508 e. The van der Waals surface area contributed by atoms with Crippen LogP contribution in [0.3, 0.4) is 0 Å². The molecule has 41 heteroatoms. The molecule has 3 aromatic carbocycles. The van der Waals surface area contributed by atoms with Crippen LogP contribution in [0, 0.1) is 11.8 Å². The first kappa shape index (κ1) is 118. The number of aromatic amines is 1. The fourth-order valence-corrected chi connectivity index (χ4v) is 17.9. The normalized spacial score (nSPS) is 17.8. The highest BCUT2D eigenvalue weighted by molar-refractivity contribution is 8.76. The number of aliphatic hydroxyl groups excluding tert-OH is 1. The van der Waals surface area contributed by atoms with E-state index in [0.717, 1.165) is 40.9 Å². The summed E-state index contributed by atoms with van der Waals surface area (Å²) in [6.45, 7) is 13.2. The Kier molecular flexibility index (Phi) is 55.4. The van der Waals surface area contributed by atoms with E-state index in [1.54, 1.807) is 88.5 Å². The first-order valence-corrected chi connectivity index (χ1v) is 51.4. The van der Waals surface area contributed by atoms with E-state index < -0.39 is 192 Å². The molecule has 28 N–H and O–H groups in total. The standard InChI is InChI=1S/C97H155N21O18S2/c1-9-10-11-12-13-14-15-16-17-18-19-20-24-43-79(121)116-81(59(2)3)97(136)117-82(60(4)5)96(135)106-61(6)85(124)105-62(7)86(125)108-71(40-28-32-49-99)88(127)110-72(41-29-33-50-100)89(128)109-70(39-27-31-48-98)87(126)104-56-80(122)107-74(52-64-35-22-21-23-36-64)91(130)115-77-57-137-138-58-78(95(134)118-83(63(8)119)84(102)123)114-90(129)73(42-30-34-51-101)111-93(132)76(54-66-55-103-69-38-26-25-37-68(66)69)113-92(131)75(112-94(77)133)53-65-44-46-67(120)47-45-65/h21-23,25-26,35-38,44-47,55,59-63,70-78,81-83,103,119-120H,9-20,24,27-34,39-43,48-54,56-58,98-101H2,1-8H3,(H2,102,123)(H,104,126)(H,105,124)(H,106,135)(H,107,122)(H,108,125)(H,109,128)(H,110,127)(H,111,132)(H,112,133)(H,113,131)(H,114,129)(H,115,130)(H,116,121)(H,117,136)(H,118,134)/t61-,62-,63+,70-,71-,72-,73?,74+,75?,76+,77?,78?,81-,82-,83-/m0/s1. The van der Waals surface area contributed by atoms with E-state index in [1.807, 2.05) is 0 Å². The second-order valence-electron chi connectivity index (χ2n) is 36.3. The number of carbonyl (C=O) groups is 16. The first-order chi connectivity index (χ1) is 66.0. The number of rotatable bonds is 61. The molecule has 0 aliphatic carbocycles. The number of benzene rings is 3. The lowest BCUT2D eigenvalue weighted by Crippen LogP contribution is -2.61. The van der Waals surface area contributed by atoms with Gasteiger partial charge in [0.15, 0.2) is 0 Å². The number of primary amides is 1. The Balaban J connectivity index is 1.35. The Morgan fingerprint density at radius 3 is 1.45 bits per heavy atom. The van der Waals surface area contributed by atoms with Crippen LogP contribution in [0.1, 0.15) is 239 Å². The Bertz CT molecular complexity index is 4490. The fraction of sp³-hybridized carbons (Fsp3) is 0.629. The number of phenolic OH excluding ortho intramolecular Hbond substituents is 1. The van der Waals surface area contributed by atoms with Gasteiger partial charge < -0.3 is 124 Å². The maximum absolute atomic E-state index is 15.3. The topological polar surface area (TPSA) is 640 Å². The van der Waals surface area contributed by atoms with Crippen molar-refractivity contribution in [3.8, 4) is 5.75 Å². The second-order valence-corrected chi connectivity index (χ2v) is 38.8. The quantitative estimate of drug-likeness (QED) is 0.0223. The molecule has 5 rings (SSSR count). The van der Waals surface area contributed by atoms with Crippen LogP contribution in [0.5, 0.6) is 5.75 Å². The Labute approximate surface area is 818 Å². The van der Waals surface area contributed by atoms with E-state index in [4.69, 9.17) is 28.7 Å². The van der Waals surface area contributed by atoms with Crippen LogP contribution in [0.25, 0.3) is 10.9 Å². The van der Waals surface area contributed by atoms with Crippen LogP contribution in [0.4, 0.5) is 0 Å². The van der Waals surface area contributed by atoms with Crippen LogP contribution in [-0.4, -0.2) is 245 Å². The number of aromatic hydroxyl groups is 1. The first-order valence-electron chi connectivity index (χ1n) is 48.9. The van der Waals surface area contributed by atoms with Gasteiger partial charge in [-0.25, -0.2) is 0 Å². The van der Waals surface area contributed by atoms with Gasteiger partial charge in [-0.2, -0.15) is 0 Å². The number of para-hydroxylation sites is 1. The predicted molar refractivity (Wildman–Crippen MR) is 533 cm³/mol. The second kappa shape index (κ2) is 65.0. The van der Waals surface area contributed by atoms with Gasteiger partial charge in [-0.15, -0.1) is 0 Å². The Hall–Kier alpha value is -11.0. The van der Waals surface area contributed by atoms with Crippen molar-refractivity contribution in [1.82, 2.24) is 84.7 Å². The molecular weight excluding hydrogens is 1810 g/mol. The van der Waals surface area contributed by atoms with Crippen molar-refractivity contribution in [3.63, 3.8) is 0 Å². The number of nitrogens with one attached hydrogen (secondary N) is 16. The summed E-state index contributed by atoms with van der Waals surface area (Å²) in [5, 5.41) is 61.9. The molecule has 1 aliphatic heterocycles. The lowest BCUT2D eigenvalue weighted by atomic mass is 9.99. The molecule has 0 bridgehead atoms. The molecule has 138 heavy (non-hydrogen) atoms. The van der Waals surface area contributed by atoms with E-state index >= 15 is 14.4 Å². The molecule has 1 aromatic heterocycles. The van der Waals surface area contributed by atoms with Gasteiger partial charge in [-0.3, -0.25) is 76.7 Å². The van der Waals surface area contributed by atoms with Gasteiger partial charge >= 0.3 is 0 Å². The zero-order valence-corrected chi connectivity index (χ0v) is 83.1. The highest BCUT2D eigenvalue weighted by Gasteiger charge is 2.39. The summed E-state index contributed by atoms with van der Waals surface area (Å²) < 4.78 is 0. The summed E-state index contributed by atoms with van der Waals surface area (Å²) in [5.74, 6) is -14.9. The number of unbranched alkanes of at least 4 members (excludes halogenated alkanes) is 16. The average molecular weight is 1970 g/mol. The summed E-state index contributed by atoms with van der Waals surface area (Å²) in [4.78, 5) is 232. The van der Waals surface area contributed by atoms with E-state index in [0.29, 0.717) is 79.0 Å². The minimum atomic E-state index is -1.64. The van der Waals surface area contributed by atoms with Crippen molar-refractivity contribution in [1.29, 1.82) is 0 Å². The van der Waals surface area contributed by atoms with Gasteiger partial charge in [0.1, 0.15) is 90.3 Å². The number of fused-ring (bicyclic) bond motifs is 1. The number of carbonyl (C=O) groups excluding carboxylic acids is 16. The SMILES string of the molecule is CCCCCCCCCCCCCCCC(=O)N[C@H](C(=O)N[C@H](C(=O)N[C@@H](C)C(=O)N[C@@H](C)C(=O)N[C@@H](CCCCN)C(=O)N[C@@H](CCCCN)C(=O)N[C@@H](CCCCN)C(=O)NCC(=O)N[C@H](Cc1ccccc1)C(=O)NC1CSSCC(C(=O)N[C@H](C(N)=O)[C@@H](C)O)NC(=O)C(CCCCN)NC(=O)[C@@H](Cc2c[nH]c3ccccc23)NC(=O)C(Cc2ccc(O)cc2)NC1=O)C(C)C)C(C)C. The third-order valence-electron chi connectivity index (χ3n) is 23.8. The average Bonchev–Trinajstić information content (AvgIpc) is 1.66. The van der Waals surface area contributed by atoms with Crippen LogP contribution in [0.2, 0.25) is 0 Å². The molecule has 1 fully saturated rings. The van der Waals surface area contributed by atoms with Gasteiger partial charge in [-0.1, -0.05) is 194 Å². The molecule has 39 nitrogen and oxygen atoms in total. The minimum absolute atomic E-state index is 0.0112. The van der Waals surface area contributed by atoms with Gasteiger partial charge in [0.05, 0.1) is 12.6 Å². The molecule has 0 spiro atoms. The van der Waals surface area contributed by atoms with Gasteiger partial charge in [0.2, 0.25) is 94.5 Å². The molecule has 1 saturated heterocycles. The molecule has 1 aliphatic rings.